The molecule has 0 radical (unpaired) electrons. The molecule has 0 aliphatic carbocycles. The molecule has 0 fully saturated rings. The molecule has 8 heteroatoms. The maximum absolute atomic E-state index is 11.8. The van der Waals surface area contributed by atoms with Crippen LogP contribution >= 0.6 is 0 Å². The van der Waals surface area contributed by atoms with Gasteiger partial charge in [-0.15, -0.1) is 0 Å². The predicted molar refractivity (Wildman–Crippen MR) is 75.9 cm³/mol. The number of carbonyl (C=O) groups excluding carboxylic acids is 1. The van der Waals surface area contributed by atoms with E-state index in [9.17, 15) is 14.4 Å². The fourth-order valence-electron chi connectivity index (χ4n) is 2.00. The molecule has 0 aliphatic heterocycles. The summed E-state index contributed by atoms with van der Waals surface area (Å²) in [5.41, 5.74) is 1.74. The Bertz CT molecular complexity index is 756. The number of H-pyrrole nitrogens is 3. The van der Waals surface area contributed by atoms with E-state index in [4.69, 9.17) is 0 Å². The van der Waals surface area contributed by atoms with Crippen molar-refractivity contribution in [2.45, 2.75) is 33.2 Å². The average Bonchev–Trinajstić information content (AvgIpc) is 2.80. The van der Waals surface area contributed by atoms with Gasteiger partial charge in [-0.25, -0.2) is 4.79 Å². The van der Waals surface area contributed by atoms with E-state index >= 15 is 0 Å². The second kappa shape index (κ2) is 6.21. The molecule has 0 saturated carbocycles. The van der Waals surface area contributed by atoms with Gasteiger partial charge in [-0.05, 0) is 20.3 Å². The number of aromatic amines is 3. The third kappa shape index (κ3) is 3.68. The minimum Gasteiger partial charge on any atom is -0.352 e. The smallest absolute Gasteiger partial charge is 0.325 e. The lowest BCUT2D eigenvalue weighted by atomic mass is 10.1. The molecule has 2 aromatic rings. The van der Waals surface area contributed by atoms with Crippen molar-refractivity contribution in [1.29, 1.82) is 0 Å². The van der Waals surface area contributed by atoms with Gasteiger partial charge in [0.1, 0.15) is 0 Å². The number of hydrogen-bond acceptors (Lipinski definition) is 4. The molecule has 0 unspecified atom stereocenters. The van der Waals surface area contributed by atoms with E-state index in [2.05, 4.69) is 25.5 Å². The number of aromatic nitrogens is 4. The highest BCUT2D eigenvalue weighted by Crippen LogP contribution is 2.03. The number of nitrogens with one attached hydrogen (secondary N) is 4. The minimum absolute atomic E-state index is 0.166. The molecule has 0 saturated heterocycles. The zero-order valence-electron chi connectivity index (χ0n) is 11.9. The monoisotopic (exact) mass is 291 g/mol. The third-order valence-corrected chi connectivity index (χ3v) is 3.27. The molecule has 8 nitrogen and oxygen atoms in total. The van der Waals surface area contributed by atoms with Gasteiger partial charge in [0.25, 0.3) is 5.56 Å². The largest absolute Gasteiger partial charge is 0.352 e. The Labute approximate surface area is 120 Å². The van der Waals surface area contributed by atoms with Crippen LogP contribution in [0.2, 0.25) is 0 Å². The van der Waals surface area contributed by atoms with Gasteiger partial charge in [0.05, 0.1) is 6.20 Å². The summed E-state index contributed by atoms with van der Waals surface area (Å²) < 4.78 is 0. The summed E-state index contributed by atoms with van der Waals surface area (Å²) in [7, 11) is 0. The summed E-state index contributed by atoms with van der Waals surface area (Å²) in [6.45, 7) is 3.90. The van der Waals surface area contributed by atoms with Gasteiger partial charge in [-0.3, -0.25) is 19.7 Å². The van der Waals surface area contributed by atoms with E-state index < -0.39 is 11.2 Å². The van der Waals surface area contributed by atoms with Crippen LogP contribution in [0.1, 0.15) is 28.9 Å². The number of carbonyl (C=O) groups is 1. The van der Waals surface area contributed by atoms with Crippen molar-refractivity contribution >= 4 is 5.91 Å². The molecule has 0 aliphatic rings. The van der Waals surface area contributed by atoms with E-state index in [-0.39, 0.29) is 18.7 Å². The van der Waals surface area contributed by atoms with Crippen LogP contribution in [0.5, 0.6) is 0 Å². The van der Waals surface area contributed by atoms with E-state index in [1.54, 1.807) is 13.1 Å². The summed E-state index contributed by atoms with van der Waals surface area (Å²) in [6, 6.07) is 0. The second-order valence-electron chi connectivity index (χ2n) is 4.81. The van der Waals surface area contributed by atoms with Crippen molar-refractivity contribution in [2.75, 3.05) is 0 Å². The minimum atomic E-state index is -0.541. The highest BCUT2D eigenvalue weighted by molar-refractivity contribution is 5.76. The molecule has 21 heavy (non-hydrogen) atoms. The van der Waals surface area contributed by atoms with E-state index in [0.29, 0.717) is 17.8 Å². The molecule has 0 aromatic carbocycles. The fourth-order valence-corrected chi connectivity index (χ4v) is 2.00. The first-order valence-corrected chi connectivity index (χ1v) is 6.55. The summed E-state index contributed by atoms with van der Waals surface area (Å²) >= 11 is 0. The molecule has 2 aromatic heterocycles. The Kier molecular flexibility index (Phi) is 4.36. The molecule has 112 valence electrons. The molecular weight excluding hydrogens is 274 g/mol. The van der Waals surface area contributed by atoms with Crippen LogP contribution in [0.25, 0.3) is 0 Å². The van der Waals surface area contributed by atoms with Gasteiger partial charge in [-0.1, -0.05) is 0 Å². The number of rotatable bonds is 5. The van der Waals surface area contributed by atoms with Crippen molar-refractivity contribution < 1.29 is 4.79 Å². The standard InChI is InChI=1S/C13H17N5O3/c1-7-9(6-15-18-7)5-14-11(19)4-3-10-8(2)16-13(21)17-12(10)20/h6H,3-5H2,1-2H3,(H,14,19)(H,15,18)(H2,16,17,20,21). The van der Waals surface area contributed by atoms with Crippen LogP contribution in [0, 0.1) is 13.8 Å². The Morgan fingerprint density at radius 3 is 2.62 bits per heavy atom. The SMILES string of the molecule is Cc1[nH]ncc1CNC(=O)CCc1c(C)[nH]c(=O)[nH]c1=O. The molecule has 1 amide bonds. The van der Waals surface area contributed by atoms with Gasteiger partial charge >= 0.3 is 5.69 Å². The van der Waals surface area contributed by atoms with Crippen molar-refractivity contribution in [2.24, 2.45) is 0 Å². The molecule has 0 atom stereocenters. The predicted octanol–water partition coefficient (Wildman–Crippen LogP) is -0.348. The zero-order valence-corrected chi connectivity index (χ0v) is 11.9. The highest BCUT2D eigenvalue weighted by atomic mass is 16.2. The quantitative estimate of drug-likeness (QED) is 0.601. The first-order chi connectivity index (χ1) is 9.97. The zero-order chi connectivity index (χ0) is 15.4. The Balaban J connectivity index is 1.91. The number of amides is 1. The summed E-state index contributed by atoms with van der Waals surface area (Å²) in [5, 5.41) is 9.42. The van der Waals surface area contributed by atoms with Gasteiger partial charge in [0.2, 0.25) is 5.91 Å². The lowest BCUT2D eigenvalue weighted by Crippen LogP contribution is -2.29. The highest BCUT2D eigenvalue weighted by Gasteiger charge is 2.09. The molecule has 2 heterocycles. The molecule has 0 bridgehead atoms. The van der Waals surface area contributed by atoms with Gasteiger partial charge in [0, 0.05) is 35.5 Å². The average molecular weight is 291 g/mol. The lowest BCUT2D eigenvalue weighted by molar-refractivity contribution is -0.121. The van der Waals surface area contributed by atoms with Crippen LogP contribution in [0.3, 0.4) is 0 Å². The van der Waals surface area contributed by atoms with Crippen LogP contribution in [0.4, 0.5) is 0 Å². The van der Waals surface area contributed by atoms with Crippen molar-refractivity contribution in [3.8, 4) is 0 Å². The van der Waals surface area contributed by atoms with Gasteiger partial charge in [0.15, 0.2) is 0 Å². The summed E-state index contributed by atoms with van der Waals surface area (Å²) in [6.07, 6.45) is 2.10. The summed E-state index contributed by atoms with van der Waals surface area (Å²) in [4.78, 5) is 39.2. The van der Waals surface area contributed by atoms with E-state index in [0.717, 1.165) is 11.3 Å². The molecule has 4 N–H and O–H groups in total. The van der Waals surface area contributed by atoms with E-state index in [1.165, 1.54) is 0 Å². The first kappa shape index (κ1) is 14.8. The van der Waals surface area contributed by atoms with Crippen LogP contribution in [0.15, 0.2) is 15.8 Å². The lowest BCUT2D eigenvalue weighted by Gasteiger charge is -2.06. The van der Waals surface area contributed by atoms with Gasteiger partial charge < -0.3 is 10.3 Å². The Hall–Kier alpha value is -2.64. The molecular formula is C13H17N5O3. The maximum Gasteiger partial charge on any atom is 0.325 e. The van der Waals surface area contributed by atoms with E-state index in [1.807, 2.05) is 6.92 Å². The van der Waals surface area contributed by atoms with Crippen molar-refractivity contribution in [3.05, 3.63) is 49.5 Å². The van der Waals surface area contributed by atoms with Crippen LogP contribution in [-0.2, 0) is 17.8 Å². The second-order valence-corrected chi connectivity index (χ2v) is 4.81. The topological polar surface area (TPSA) is 123 Å². The molecule has 0 spiro atoms. The third-order valence-electron chi connectivity index (χ3n) is 3.27. The number of aryl methyl sites for hydroxylation is 2. The normalized spacial score (nSPS) is 10.6. The van der Waals surface area contributed by atoms with Crippen LogP contribution in [-0.4, -0.2) is 26.1 Å². The van der Waals surface area contributed by atoms with Crippen LogP contribution < -0.4 is 16.6 Å². The maximum atomic E-state index is 11.8. The van der Waals surface area contributed by atoms with Crippen molar-refractivity contribution in [1.82, 2.24) is 25.5 Å². The molecule has 2 rings (SSSR count). The summed E-state index contributed by atoms with van der Waals surface area (Å²) in [5.74, 6) is -0.166. The fraction of sp³-hybridized carbons (Fsp3) is 0.385. The number of hydrogen-bond donors (Lipinski definition) is 4. The first-order valence-electron chi connectivity index (χ1n) is 6.55. The Morgan fingerprint density at radius 1 is 1.24 bits per heavy atom. The van der Waals surface area contributed by atoms with Crippen molar-refractivity contribution in [3.63, 3.8) is 0 Å². The van der Waals surface area contributed by atoms with Gasteiger partial charge in [-0.2, -0.15) is 5.10 Å². The number of nitrogens with zero attached hydrogens (tertiary/aromatic N) is 1. The Morgan fingerprint density at radius 2 is 2.00 bits per heavy atom.